The number of benzene rings is 1. The van der Waals surface area contributed by atoms with E-state index < -0.39 is 5.41 Å². The molecule has 27 heavy (non-hydrogen) atoms. The second-order valence-corrected chi connectivity index (χ2v) is 8.75. The van der Waals surface area contributed by atoms with E-state index in [0.717, 1.165) is 48.6 Å². The van der Waals surface area contributed by atoms with Gasteiger partial charge in [0.15, 0.2) is 0 Å². The lowest BCUT2D eigenvalue weighted by molar-refractivity contribution is 0.480. The summed E-state index contributed by atoms with van der Waals surface area (Å²) in [6.45, 7) is 2.17. The summed E-state index contributed by atoms with van der Waals surface area (Å²) in [5.74, 6) is 1.11. The number of anilines is 1. The number of fused-ring (bicyclic) bond motifs is 3. The molecule has 5 rings (SSSR count). The van der Waals surface area contributed by atoms with E-state index >= 15 is 0 Å². The fourth-order valence-corrected chi connectivity index (χ4v) is 5.93. The van der Waals surface area contributed by atoms with Crippen molar-refractivity contribution in [3.8, 4) is 6.07 Å². The van der Waals surface area contributed by atoms with Crippen molar-refractivity contribution in [3.63, 3.8) is 0 Å². The van der Waals surface area contributed by atoms with Crippen molar-refractivity contribution in [2.24, 2.45) is 0 Å². The van der Waals surface area contributed by atoms with Crippen molar-refractivity contribution in [2.75, 3.05) is 18.0 Å². The number of hydrogen-bond acceptors (Lipinski definition) is 5. The quantitative estimate of drug-likeness (QED) is 0.656. The van der Waals surface area contributed by atoms with Crippen LogP contribution >= 0.6 is 11.3 Å². The summed E-state index contributed by atoms with van der Waals surface area (Å²) in [7, 11) is 0. The number of nitriles is 1. The molecule has 1 atom stereocenters. The highest BCUT2D eigenvalue weighted by atomic mass is 32.1. The molecule has 2 aliphatic rings. The standard InChI is InChI=1S/C22H22N4S/c23-14-22(16-7-3-1-4-8-16)10-9-17-18(13-22)27-21-19(17)20(24-15-25-21)26-11-5-2-6-12-26/h1,3-4,7-8,15H,2,5-6,9-13H2/t22-/m1/s1. The third kappa shape index (κ3) is 2.71. The van der Waals surface area contributed by atoms with Gasteiger partial charge in [-0.25, -0.2) is 9.97 Å². The molecule has 1 aromatic carbocycles. The number of aryl methyl sites for hydroxylation is 1. The zero-order valence-corrected chi connectivity index (χ0v) is 16.1. The van der Waals surface area contributed by atoms with E-state index in [1.807, 2.05) is 18.2 Å². The minimum absolute atomic E-state index is 0.423. The van der Waals surface area contributed by atoms with E-state index in [4.69, 9.17) is 0 Å². The third-order valence-corrected chi connectivity index (χ3v) is 7.25. The number of hydrogen-bond donors (Lipinski definition) is 0. The first-order chi connectivity index (χ1) is 13.3. The van der Waals surface area contributed by atoms with Gasteiger partial charge in [0.05, 0.1) is 16.9 Å². The predicted octanol–water partition coefficient (Wildman–Crippen LogP) is 4.63. The fourth-order valence-electron chi connectivity index (χ4n) is 4.64. The smallest absolute Gasteiger partial charge is 0.141 e. The molecule has 0 spiro atoms. The summed E-state index contributed by atoms with van der Waals surface area (Å²) in [5, 5.41) is 11.3. The van der Waals surface area contributed by atoms with Crippen molar-refractivity contribution in [3.05, 3.63) is 52.7 Å². The largest absolute Gasteiger partial charge is 0.356 e. The molecule has 0 bridgehead atoms. The minimum atomic E-state index is -0.423. The van der Waals surface area contributed by atoms with Crippen LogP contribution in [0.3, 0.4) is 0 Å². The molecule has 0 unspecified atom stereocenters. The molecule has 0 radical (unpaired) electrons. The molecule has 2 aromatic heterocycles. The maximum Gasteiger partial charge on any atom is 0.141 e. The van der Waals surface area contributed by atoms with Gasteiger partial charge >= 0.3 is 0 Å². The average molecular weight is 375 g/mol. The number of thiophene rings is 1. The Morgan fingerprint density at radius 2 is 1.89 bits per heavy atom. The van der Waals surface area contributed by atoms with E-state index in [2.05, 4.69) is 33.1 Å². The molecule has 0 saturated carbocycles. The molecule has 1 aliphatic carbocycles. The number of aromatic nitrogens is 2. The molecule has 5 heteroatoms. The highest BCUT2D eigenvalue weighted by Crippen LogP contribution is 2.45. The Morgan fingerprint density at radius 3 is 2.67 bits per heavy atom. The van der Waals surface area contributed by atoms with Crippen LogP contribution in [0.2, 0.25) is 0 Å². The van der Waals surface area contributed by atoms with Gasteiger partial charge in [0.2, 0.25) is 0 Å². The molecule has 0 N–H and O–H groups in total. The molecule has 4 nitrogen and oxygen atoms in total. The number of piperidine rings is 1. The predicted molar refractivity (Wildman–Crippen MR) is 109 cm³/mol. The van der Waals surface area contributed by atoms with Crippen LogP contribution in [0.1, 0.15) is 41.7 Å². The van der Waals surface area contributed by atoms with Gasteiger partial charge in [-0.05, 0) is 43.2 Å². The summed E-state index contributed by atoms with van der Waals surface area (Å²) in [6.07, 6.45) is 8.07. The van der Waals surface area contributed by atoms with Crippen molar-refractivity contribution < 1.29 is 0 Å². The van der Waals surface area contributed by atoms with E-state index in [1.54, 1.807) is 17.7 Å². The van der Waals surface area contributed by atoms with Gasteiger partial charge in [-0.1, -0.05) is 30.3 Å². The molecule has 1 fully saturated rings. The average Bonchev–Trinajstić information content (AvgIpc) is 3.12. The van der Waals surface area contributed by atoms with Gasteiger partial charge in [0.1, 0.15) is 17.0 Å². The van der Waals surface area contributed by atoms with E-state index in [-0.39, 0.29) is 0 Å². The maximum absolute atomic E-state index is 10.1. The number of nitrogens with zero attached hydrogens (tertiary/aromatic N) is 4. The van der Waals surface area contributed by atoms with Gasteiger partial charge in [-0.15, -0.1) is 11.3 Å². The van der Waals surface area contributed by atoms with Crippen LogP contribution in [0.15, 0.2) is 36.7 Å². The van der Waals surface area contributed by atoms with Crippen LogP contribution in [0.4, 0.5) is 5.82 Å². The third-order valence-electron chi connectivity index (χ3n) is 6.11. The Hall–Kier alpha value is -2.45. The molecule has 3 heterocycles. The van der Waals surface area contributed by atoms with Crippen molar-refractivity contribution >= 4 is 27.4 Å². The van der Waals surface area contributed by atoms with Crippen molar-refractivity contribution in [2.45, 2.75) is 43.9 Å². The van der Waals surface area contributed by atoms with E-state index in [1.165, 1.54) is 35.1 Å². The molecule has 1 saturated heterocycles. The summed E-state index contributed by atoms with van der Waals surface area (Å²) in [6, 6.07) is 12.9. The lowest BCUT2D eigenvalue weighted by atomic mass is 9.70. The zero-order chi connectivity index (χ0) is 18.3. The zero-order valence-electron chi connectivity index (χ0n) is 15.3. The topological polar surface area (TPSA) is 52.8 Å². The molecule has 0 amide bonds. The Bertz CT molecular complexity index is 1010. The first-order valence-electron chi connectivity index (χ1n) is 9.78. The van der Waals surface area contributed by atoms with Crippen molar-refractivity contribution in [1.82, 2.24) is 9.97 Å². The van der Waals surface area contributed by atoms with Crippen molar-refractivity contribution in [1.29, 1.82) is 5.26 Å². The SMILES string of the molecule is N#C[C@@]1(c2ccccc2)CCc2c(sc3ncnc(N4CCCCC4)c23)C1. The first kappa shape index (κ1) is 16.7. The lowest BCUT2D eigenvalue weighted by Gasteiger charge is -2.32. The minimum Gasteiger partial charge on any atom is -0.356 e. The summed E-state index contributed by atoms with van der Waals surface area (Å²) < 4.78 is 0. The summed E-state index contributed by atoms with van der Waals surface area (Å²) in [4.78, 5) is 14.1. The van der Waals surface area contributed by atoms with Gasteiger partial charge < -0.3 is 4.90 Å². The van der Waals surface area contributed by atoms with E-state index in [9.17, 15) is 5.26 Å². The first-order valence-corrected chi connectivity index (χ1v) is 10.6. The van der Waals surface area contributed by atoms with Crippen LogP contribution in [-0.2, 0) is 18.3 Å². The lowest BCUT2D eigenvalue weighted by Crippen LogP contribution is -2.32. The molecule has 1 aliphatic heterocycles. The Kier molecular flexibility index (Phi) is 4.09. The normalized spacial score (nSPS) is 22.4. The Morgan fingerprint density at radius 1 is 1.07 bits per heavy atom. The van der Waals surface area contributed by atoms with Gasteiger partial charge in [0.25, 0.3) is 0 Å². The fraction of sp³-hybridized carbons (Fsp3) is 0.409. The van der Waals surface area contributed by atoms with Crippen LogP contribution in [0.25, 0.3) is 10.2 Å². The second kappa shape index (κ2) is 6.61. The molecule has 136 valence electrons. The number of rotatable bonds is 2. The molecular formula is C22H22N4S. The summed E-state index contributed by atoms with van der Waals surface area (Å²) in [5.41, 5.74) is 2.10. The van der Waals surface area contributed by atoms with Gasteiger partial charge in [-0.2, -0.15) is 5.26 Å². The van der Waals surface area contributed by atoms with Gasteiger partial charge in [-0.3, -0.25) is 0 Å². The Balaban J connectivity index is 1.60. The Labute approximate surface area is 163 Å². The monoisotopic (exact) mass is 374 g/mol. The molecular weight excluding hydrogens is 352 g/mol. The highest BCUT2D eigenvalue weighted by Gasteiger charge is 2.38. The van der Waals surface area contributed by atoms with E-state index in [0.29, 0.717) is 0 Å². The summed E-state index contributed by atoms with van der Waals surface area (Å²) >= 11 is 1.76. The van der Waals surface area contributed by atoms with Gasteiger partial charge in [0, 0.05) is 24.4 Å². The second-order valence-electron chi connectivity index (χ2n) is 7.67. The molecule has 3 aromatic rings. The van der Waals surface area contributed by atoms with Crippen LogP contribution < -0.4 is 4.90 Å². The van der Waals surface area contributed by atoms with Crippen LogP contribution in [0, 0.1) is 11.3 Å². The van der Waals surface area contributed by atoms with Crippen LogP contribution in [-0.4, -0.2) is 23.1 Å². The maximum atomic E-state index is 10.1. The highest BCUT2D eigenvalue weighted by molar-refractivity contribution is 7.19. The van der Waals surface area contributed by atoms with Crippen LogP contribution in [0.5, 0.6) is 0 Å².